The smallest absolute Gasteiger partial charge is 0.191 e. The molecule has 7 nitrogen and oxygen atoms in total. The molecule has 0 spiro atoms. The van der Waals surface area contributed by atoms with Crippen molar-refractivity contribution in [3.05, 3.63) is 30.2 Å². The Balaban J connectivity index is 1.77. The van der Waals surface area contributed by atoms with Gasteiger partial charge in [-0.15, -0.1) is 10.2 Å². The second-order valence-corrected chi connectivity index (χ2v) is 4.42. The van der Waals surface area contributed by atoms with Gasteiger partial charge in [-0.05, 0) is 19.1 Å². The van der Waals surface area contributed by atoms with Crippen LogP contribution in [0, 0.1) is 0 Å². The van der Waals surface area contributed by atoms with Crippen molar-refractivity contribution in [2.24, 2.45) is 4.99 Å². The summed E-state index contributed by atoms with van der Waals surface area (Å²) < 4.78 is 7.27. The predicted molar refractivity (Wildman–Crippen MR) is 82.5 cm³/mol. The maximum Gasteiger partial charge on any atom is 0.191 e. The predicted octanol–water partition coefficient (Wildman–Crippen LogP) is 0.473. The summed E-state index contributed by atoms with van der Waals surface area (Å²) in [6.45, 7) is 4.86. The zero-order valence-electron chi connectivity index (χ0n) is 12.5. The number of guanidine groups is 1. The highest BCUT2D eigenvalue weighted by Crippen LogP contribution is 2.02. The van der Waals surface area contributed by atoms with Crippen molar-refractivity contribution in [2.75, 3.05) is 33.4 Å². The van der Waals surface area contributed by atoms with Crippen LogP contribution in [0.2, 0.25) is 0 Å². The molecule has 0 atom stereocenters. The molecule has 2 aromatic heterocycles. The lowest BCUT2D eigenvalue weighted by Gasteiger charge is -2.11. The lowest BCUT2D eigenvalue weighted by atomic mass is 10.4. The molecule has 2 rings (SSSR count). The van der Waals surface area contributed by atoms with Crippen molar-refractivity contribution in [2.45, 2.75) is 13.3 Å². The number of hydrogen-bond acceptors (Lipinski definition) is 4. The van der Waals surface area contributed by atoms with Crippen LogP contribution < -0.4 is 10.6 Å². The Hall–Kier alpha value is -2.15. The van der Waals surface area contributed by atoms with Crippen molar-refractivity contribution in [1.82, 2.24) is 25.2 Å². The Morgan fingerprint density at radius 1 is 1.29 bits per heavy atom. The first-order valence-electron chi connectivity index (χ1n) is 7.16. The molecule has 0 radical (unpaired) electrons. The van der Waals surface area contributed by atoms with Gasteiger partial charge in [0.2, 0.25) is 0 Å². The van der Waals surface area contributed by atoms with E-state index in [9.17, 15) is 0 Å². The number of nitrogens with one attached hydrogen (secondary N) is 2. The Morgan fingerprint density at radius 2 is 2.14 bits per heavy atom. The van der Waals surface area contributed by atoms with E-state index in [1.165, 1.54) is 0 Å². The van der Waals surface area contributed by atoms with Crippen LogP contribution in [0.1, 0.15) is 12.7 Å². The number of aliphatic imine (C=N–C) groups is 1. The second-order valence-electron chi connectivity index (χ2n) is 4.42. The summed E-state index contributed by atoms with van der Waals surface area (Å²) in [5.41, 5.74) is 0.867. The van der Waals surface area contributed by atoms with E-state index in [1.807, 2.05) is 35.7 Å². The van der Waals surface area contributed by atoms with Gasteiger partial charge >= 0.3 is 0 Å². The monoisotopic (exact) mass is 290 g/mol. The first-order chi connectivity index (χ1) is 10.3. The largest absolute Gasteiger partial charge is 0.380 e. The molecule has 0 unspecified atom stereocenters. The molecule has 0 aliphatic heterocycles. The Labute approximate surface area is 124 Å². The molecule has 7 heteroatoms. The van der Waals surface area contributed by atoms with Crippen molar-refractivity contribution in [3.63, 3.8) is 0 Å². The number of fused-ring (bicyclic) bond motifs is 1. The van der Waals surface area contributed by atoms with Gasteiger partial charge in [0.15, 0.2) is 11.6 Å². The third-order valence-electron chi connectivity index (χ3n) is 2.99. The van der Waals surface area contributed by atoms with E-state index < -0.39 is 0 Å². The SMILES string of the molecule is CCOCCNC(=NC)NCCc1nnc2ccccn12. The maximum atomic E-state index is 5.27. The average molecular weight is 290 g/mol. The maximum absolute atomic E-state index is 5.27. The van der Waals surface area contributed by atoms with Crippen molar-refractivity contribution in [1.29, 1.82) is 0 Å². The summed E-state index contributed by atoms with van der Waals surface area (Å²) in [5.74, 6) is 1.70. The molecule has 2 N–H and O–H groups in total. The molecule has 0 fully saturated rings. The van der Waals surface area contributed by atoms with E-state index in [-0.39, 0.29) is 0 Å². The van der Waals surface area contributed by atoms with Gasteiger partial charge in [0.1, 0.15) is 5.82 Å². The van der Waals surface area contributed by atoms with Crippen LogP contribution in [-0.4, -0.2) is 53.9 Å². The highest BCUT2D eigenvalue weighted by Gasteiger charge is 2.04. The molecule has 114 valence electrons. The molecular weight excluding hydrogens is 268 g/mol. The number of rotatable bonds is 7. The van der Waals surface area contributed by atoms with Crippen LogP contribution in [0.4, 0.5) is 0 Å². The number of ether oxygens (including phenoxy) is 1. The molecular formula is C14H22N6O. The summed E-state index contributed by atoms with van der Waals surface area (Å²) in [6, 6.07) is 5.87. The van der Waals surface area contributed by atoms with Gasteiger partial charge in [-0.3, -0.25) is 9.39 Å². The fourth-order valence-corrected chi connectivity index (χ4v) is 1.96. The van der Waals surface area contributed by atoms with Gasteiger partial charge in [-0.25, -0.2) is 0 Å². The van der Waals surface area contributed by atoms with Crippen LogP contribution in [0.25, 0.3) is 5.65 Å². The normalized spacial score (nSPS) is 11.8. The number of hydrogen-bond donors (Lipinski definition) is 2. The van der Waals surface area contributed by atoms with Crippen molar-refractivity contribution >= 4 is 11.6 Å². The Kier molecular flexibility index (Phi) is 5.96. The van der Waals surface area contributed by atoms with Gasteiger partial charge in [0.05, 0.1) is 6.61 Å². The summed E-state index contributed by atoms with van der Waals surface area (Å²) >= 11 is 0. The van der Waals surface area contributed by atoms with Gasteiger partial charge in [0, 0.05) is 39.4 Å². The molecule has 0 aliphatic rings. The highest BCUT2D eigenvalue weighted by molar-refractivity contribution is 5.79. The number of aromatic nitrogens is 3. The van der Waals surface area contributed by atoms with E-state index in [2.05, 4.69) is 25.8 Å². The fourth-order valence-electron chi connectivity index (χ4n) is 1.96. The summed E-state index contributed by atoms with van der Waals surface area (Å²) in [6.07, 6.45) is 2.75. The molecule has 0 saturated heterocycles. The first kappa shape index (κ1) is 15.2. The standard InChI is InChI=1S/C14H22N6O/c1-3-21-11-9-17-14(15-2)16-8-7-13-19-18-12-6-4-5-10-20(12)13/h4-6,10H,3,7-9,11H2,1-2H3,(H2,15,16,17). The van der Waals surface area contributed by atoms with Gasteiger partial charge in [-0.2, -0.15) is 0 Å². The van der Waals surface area contributed by atoms with Crippen LogP contribution in [0.15, 0.2) is 29.4 Å². The van der Waals surface area contributed by atoms with E-state index in [0.717, 1.165) is 43.5 Å². The molecule has 2 aromatic rings. The van der Waals surface area contributed by atoms with Crippen LogP contribution in [-0.2, 0) is 11.2 Å². The topological polar surface area (TPSA) is 75.8 Å². The summed E-state index contributed by atoms with van der Waals surface area (Å²) in [5, 5.41) is 14.8. The molecule has 21 heavy (non-hydrogen) atoms. The molecule has 0 saturated carbocycles. The minimum Gasteiger partial charge on any atom is -0.380 e. The molecule has 0 aromatic carbocycles. The van der Waals surface area contributed by atoms with Gasteiger partial charge in [-0.1, -0.05) is 6.07 Å². The zero-order valence-corrected chi connectivity index (χ0v) is 12.5. The zero-order chi connectivity index (χ0) is 14.9. The minimum atomic E-state index is 0.673. The molecule has 0 amide bonds. The van der Waals surface area contributed by atoms with E-state index in [1.54, 1.807) is 7.05 Å². The van der Waals surface area contributed by atoms with Crippen LogP contribution >= 0.6 is 0 Å². The lowest BCUT2D eigenvalue weighted by molar-refractivity contribution is 0.152. The lowest BCUT2D eigenvalue weighted by Crippen LogP contribution is -2.40. The Morgan fingerprint density at radius 3 is 2.95 bits per heavy atom. The van der Waals surface area contributed by atoms with Gasteiger partial charge < -0.3 is 15.4 Å². The third-order valence-corrected chi connectivity index (χ3v) is 2.99. The second kappa shape index (κ2) is 8.21. The quantitative estimate of drug-likeness (QED) is 0.440. The van der Waals surface area contributed by atoms with E-state index in [4.69, 9.17) is 4.74 Å². The molecule has 2 heterocycles. The Bertz CT molecular complexity index is 580. The van der Waals surface area contributed by atoms with Gasteiger partial charge in [0.25, 0.3) is 0 Å². The first-order valence-corrected chi connectivity index (χ1v) is 7.16. The fraction of sp³-hybridized carbons (Fsp3) is 0.500. The summed E-state index contributed by atoms with van der Waals surface area (Å²) in [7, 11) is 1.75. The highest BCUT2D eigenvalue weighted by atomic mass is 16.5. The van der Waals surface area contributed by atoms with Crippen molar-refractivity contribution < 1.29 is 4.74 Å². The minimum absolute atomic E-state index is 0.673. The van der Waals surface area contributed by atoms with Crippen molar-refractivity contribution in [3.8, 4) is 0 Å². The molecule has 0 bridgehead atoms. The summed E-state index contributed by atoms with van der Waals surface area (Å²) in [4.78, 5) is 4.16. The van der Waals surface area contributed by atoms with E-state index in [0.29, 0.717) is 6.61 Å². The van der Waals surface area contributed by atoms with E-state index >= 15 is 0 Å². The average Bonchev–Trinajstić information content (AvgIpc) is 2.93. The number of pyridine rings is 1. The van der Waals surface area contributed by atoms with Crippen LogP contribution in [0.3, 0.4) is 0 Å². The molecule has 0 aliphatic carbocycles. The van der Waals surface area contributed by atoms with Crippen LogP contribution in [0.5, 0.6) is 0 Å². The number of nitrogens with zero attached hydrogens (tertiary/aromatic N) is 4. The third kappa shape index (κ3) is 4.42.